The second-order valence-electron chi connectivity index (χ2n) is 6.25. The summed E-state index contributed by atoms with van der Waals surface area (Å²) in [5.74, 6) is 1.49. The van der Waals surface area contributed by atoms with Gasteiger partial charge in [0.15, 0.2) is 5.78 Å². The second kappa shape index (κ2) is 6.42. The molecule has 2 aromatic rings. The lowest BCUT2D eigenvalue weighted by Crippen LogP contribution is -2.44. The number of carbonyl (C=O) groups excluding carboxylic acids is 1. The zero-order valence-electron chi connectivity index (χ0n) is 12.9. The van der Waals surface area contributed by atoms with Crippen LogP contribution in [0, 0.1) is 0 Å². The molecule has 1 saturated carbocycles. The number of aromatic nitrogens is 2. The Morgan fingerprint density at radius 1 is 1.13 bits per heavy atom. The van der Waals surface area contributed by atoms with Crippen molar-refractivity contribution in [1.29, 1.82) is 0 Å². The van der Waals surface area contributed by atoms with Crippen molar-refractivity contribution < 1.29 is 4.79 Å². The number of hydrogen-bond acceptors (Lipinski definition) is 5. The number of rotatable bonds is 6. The number of carbonyl (C=O) groups is 1. The first-order valence-electron chi connectivity index (χ1n) is 8.09. The molecule has 118 valence electrons. The molecule has 1 saturated heterocycles. The Hall–Kier alpha value is -1.72. The second-order valence-corrected chi connectivity index (χ2v) is 7.62. The number of Topliss-reactive ketones (excluding diaryl/α,β-unsaturated/α-hetero) is 1. The first-order chi connectivity index (χ1) is 11.3. The van der Waals surface area contributed by atoms with Gasteiger partial charge in [-0.15, -0.1) is 11.8 Å². The van der Waals surface area contributed by atoms with E-state index in [-0.39, 0.29) is 5.78 Å². The Balaban J connectivity index is 1.37. The fourth-order valence-electron chi connectivity index (χ4n) is 2.55. The highest BCUT2D eigenvalue weighted by Crippen LogP contribution is 2.37. The third-order valence-electron chi connectivity index (χ3n) is 4.27. The summed E-state index contributed by atoms with van der Waals surface area (Å²) in [5.41, 5.74) is 1.64. The van der Waals surface area contributed by atoms with Gasteiger partial charge in [0, 0.05) is 48.0 Å². The molecule has 1 aliphatic carbocycles. The van der Waals surface area contributed by atoms with Crippen molar-refractivity contribution in [2.45, 2.75) is 35.3 Å². The molecule has 2 heterocycles. The third kappa shape index (κ3) is 3.62. The molecule has 1 aromatic carbocycles. The molecule has 0 spiro atoms. The molecule has 0 unspecified atom stereocenters. The lowest BCUT2D eigenvalue weighted by atomic mass is 10.1. The summed E-state index contributed by atoms with van der Waals surface area (Å²) >= 11 is 1.90. The fraction of sp³-hybridized carbons (Fsp3) is 0.389. The summed E-state index contributed by atoms with van der Waals surface area (Å²) in [7, 11) is 0. The SMILES string of the molecule is O=C(Cc1ccc(SC2CNC2)cc1)c1cnc(C2CC2)nc1. The van der Waals surface area contributed by atoms with Crippen LogP contribution < -0.4 is 5.32 Å². The molecule has 0 atom stereocenters. The number of nitrogens with zero attached hydrogens (tertiary/aromatic N) is 2. The first-order valence-corrected chi connectivity index (χ1v) is 8.97. The predicted molar refractivity (Wildman–Crippen MR) is 91.0 cm³/mol. The molecule has 1 aliphatic heterocycles. The van der Waals surface area contributed by atoms with Crippen LogP contribution in [-0.4, -0.2) is 34.1 Å². The molecule has 1 aromatic heterocycles. The Labute approximate surface area is 140 Å². The average Bonchev–Trinajstić information content (AvgIpc) is 3.37. The van der Waals surface area contributed by atoms with Crippen LogP contribution in [0.3, 0.4) is 0 Å². The van der Waals surface area contributed by atoms with Crippen LogP contribution in [-0.2, 0) is 6.42 Å². The Morgan fingerprint density at radius 2 is 1.83 bits per heavy atom. The van der Waals surface area contributed by atoms with E-state index in [4.69, 9.17) is 0 Å². The van der Waals surface area contributed by atoms with Crippen LogP contribution in [0.2, 0.25) is 0 Å². The molecular weight excluding hydrogens is 306 g/mol. The van der Waals surface area contributed by atoms with Gasteiger partial charge in [0.05, 0.1) is 5.56 Å². The monoisotopic (exact) mass is 325 g/mol. The third-order valence-corrected chi connectivity index (χ3v) is 5.48. The van der Waals surface area contributed by atoms with E-state index in [2.05, 4.69) is 27.4 Å². The maximum absolute atomic E-state index is 12.3. The highest BCUT2D eigenvalue weighted by Gasteiger charge is 2.26. The molecule has 4 nitrogen and oxygen atoms in total. The molecule has 2 fully saturated rings. The number of hydrogen-bond donors (Lipinski definition) is 1. The van der Waals surface area contributed by atoms with E-state index >= 15 is 0 Å². The molecular formula is C18H19N3OS. The molecule has 2 aliphatic rings. The van der Waals surface area contributed by atoms with Gasteiger partial charge in [0.1, 0.15) is 5.82 Å². The van der Waals surface area contributed by atoms with E-state index in [1.807, 2.05) is 23.9 Å². The summed E-state index contributed by atoms with van der Waals surface area (Å²) in [6.07, 6.45) is 6.11. The molecule has 23 heavy (non-hydrogen) atoms. The number of nitrogens with one attached hydrogen (secondary N) is 1. The van der Waals surface area contributed by atoms with Gasteiger partial charge in [-0.05, 0) is 30.5 Å². The van der Waals surface area contributed by atoms with Gasteiger partial charge in [0.25, 0.3) is 0 Å². The van der Waals surface area contributed by atoms with Crippen molar-refractivity contribution >= 4 is 17.5 Å². The topological polar surface area (TPSA) is 54.9 Å². The van der Waals surface area contributed by atoms with Crippen molar-refractivity contribution in [3.63, 3.8) is 0 Å². The Kier molecular flexibility index (Phi) is 4.14. The Bertz CT molecular complexity index is 691. The molecule has 1 N–H and O–H groups in total. The molecule has 0 radical (unpaired) electrons. The van der Waals surface area contributed by atoms with Gasteiger partial charge in [-0.25, -0.2) is 9.97 Å². The van der Waals surface area contributed by atoms with Gasteiger partial charge >= 0.3 is 0 Å². The maximum atomic E-state index is 12.3. The van der Waals surface area contributed by atoms with Crippen LogP contribution in [0.4, 0.5) is 0 Å². The first kappa shape index (κ1) is 14.8. The van der Waals surface area contributed by atoms with Gasteiger partial charge in [0.2, 0.25) is 0 Å². The molecule has 0 bridgehead atoms. The van der Waals surface area contributed by atoms with E-state index < -0.39 is 0 Å². The van der Waals surface area contributed by atoms with E-state index in [0.29, 0.717) is 23.2 Å². The number of thioether (sulfide) groups is 1. The average molecular weight is 325 g/mol. The van der Waals surface area contributed by atoms with Gasteiger partial charge in [-0.2, -0.15) is 0 Å². The smallest absolute Gasteiger partial charge is 0.170 e. The van der Waals surface area contributed by atoms with Gasteiger partial charge in [-0.1, -0.05) is 12.1 Å². The highest BCUT2D eigenvalue weighted by molar-refractivity contribution is 8.00. The normalized spacial score (nSPS) is 17.7. The van der Waals surface area contributed by atoms with Gasteiger partial charge in [-0.3, -0.25) is 4.79 Å². The van der Waals surface area contributed by atoms with Gasteiger partial charge < -0.3 is 5.32 Å². The van der Waals surface area contributed by atoms with Crippen molar-refractivity contribution in [3.05, 3.63) is 53.6 Å². The van der Waals surface area contributed by atoms with E-state index in [1.165, 1.54) is 17.7 Å². The van der Waals surface area contributed by atoms with E-state index in [0.717, 1.165) is 24.5 Å². The quantitative estimate of drug-likeness (QED) is 0.828. The number of benzene rings is 1. The lowest BCUT2D eigenvalue weighted by Gasteiger charge is -2.26. The lowest BCUT2D eigenvalue weighted by molar-refractivity contribution is 0.0992. The highest BCUT2D eigenvalue weighted by atomic mass is 32.2. The summed E-state index contributed by atoms with van der Waals surface area (Å²) in [4.78, 5) is 22.3. The standard InChI is InChI=1S/C18H19N3OS/c22-17(14-8-20-18(21-9-14)13-3-4-13)7-12-1-5-15(6-2-12)23-16-10-19-11-16/h1-2,5-6,8-9,13,16,19H,3-4,7,10-11H2. The summed E-state index contributed by atoms with van der Waals surface area (Å²) in [6, 6.07) is 8.31. The minimum atomic E-state index is 0.0796. The Morgan fingerprint density at radius 3 is 2.39 bits per heavy atom. The van der Waals surface area contributed by atoms with Crippen molar-refractivity contribution in [2.24, 2.45) is 0 Å². The zero-order chi connectivity index (χ0) is 15.6. The minimum Gasteiger partial charge on any atom is -0.314 e. The maximum Gasteiger partial charge on any atom is 0.170 e. The van der Waals surface area contributed by atoms with E-state index in [9.17, 15) is 4.79 Å². The van der Waals surface area contributed by atoms with Crippen LogP contribution in [0.5, 0.6) is 0 Å². The summed E-state index contributed by atoms with van der Waals surface area (Å²) in [6.45, 7) is 2.17. The summed E-state index contributed by atoms with van der Waals surface area (Å²) in [5, 5.41) is 3.96. The minimum absolute atomic E-state index is 0.0796. The van der Waals surface area contributed by atoms with Crippen LogP contribution in [0.25, 0.3) is 0 Å². The van der Waals surface area contributed by atoms with E-state index in [1.54, 1.807) is 12.4 Å². The van der Waals surface area contributed by atoms with Crippen molar-refractivity contribution in [3.8, 4) is 0 Å². The van der Waals surface area contributed by atoms with Crippen molar-refractivity contribution in [1.82, 2.24) is 15.3 Å². The number of ketones is 1. The van der Waals surface area contributed by atoms with Crippen LogP contribution in [0.15, 0.2) is 41.6 Å². The predicted octanol–water partition coefficient (Wildman–Crippen LogP) is 2.84. The summed E-state index contributed by atoms with van der Waals surface area (Å²) < 4.78 is 0. The largest absolute Gasteiger partial charge is 0.314 e. The van der Waals surface area contributed by atoms with Crippen molar-refractivity contribution in [2.75, 3.05) is 13.1 Å². The molecule has 5 heteroatoms. The van der Waals surface area contributed by atoms with Crippen LogP contribution in [0.1, 0.15) is 40.5 Å². The fourth-order valence-corrected chi connectivity index (χ4v) is 3.63. The van der Waals surface area contributed by atoms with Crippen LogP contribution >= 0.6 is 11.8 Å². The molecule has 0 amide bonds. The molecule has 4 rings (SSSR count). The zero-order valence-corrected chi connectivity index (χ0v) is 13.7.